The van der Waals surface area contributed by atoms with Crippen LogP contribution in [0.25, 0.3) is 0 Å². The summed E-state index contributed by atoms with van der Waals surface area (Å²) >= 11 is 1.71. The number of aliphatic imine (C=N–C) groups is 2. The number of hydrogen-bond donors (Lipinski definition) is 1. The van der Waals surface area contributed by atoms with E-state index in [-0.39, 0.29) is 0 Å². The number of nitrogens with two attached hydrogens (primary N) is 1. The van der Waals surface area contributed by atoms with Gasteiger partial charge in [-0.3, -0.25) is 10.0 Å². The summed E-state index contributed by atoms with van der Waals surface area (Å²) in [4.78, 5) is 10.6. The Morgan fingerprint density at radius 1 is 1.14 bits per heavy atom. The van der Waals surface area contributed by atoms with Crippen LogP contribution in [0.4, 0.5) is 5.69 Å². The summed E-state index contributed by atoms with van der Waals surface area (Å²) in [6.07, 6.45) is 2.07. The van der Waals surface area contributed by atoms with Crippen LogP contribution in [0.1, 0.15) is 11.1 Å². The molecule has 0 aliphatic carbocycles. The first-order valence-electron chi connectivity index (χ1n) is 7.03. The Kier molecular flexibility index (Phi) is 4.27. The van der Waals surface area contributed by atoms with Gasteiger partial charge >= 0.3 is 0 Å². The highest BCUT2D eigenvalue weighted by atomic mass is 32.2. The zero-order valence-electron chi connectivity index (χ0n) is 12.7. The standard InChI is InChI=1S/C17H18N4S/c1-21(18)16-11-19-17(12-6-4-3-5-7-12)14-10-13(22-2)8-9-15(14)20-16/h3-10H,11,18H2,1-2H3. The van der Waals surface area contributed by atoms with Gasteiger partial charge in [-0.25, -0.2) is 10.8 Å². The number of likely N-dealkylation sites (N-methyl/N-ethyl adjacent to an activating group) is 1. The fraction of sp³-hybridized carbons (Fsp3) is 0.176. The highest BCUT2D eigenvalue weighted by molar-refractivity contribution is 7.98. The van der Waals surface area contributed by atoms with Gasteiger partial charge in [0, 0.05) is 23.1 Å². The molecule has 0 aromatic heterocycles. The molecule has 0 unspecified atom stereocenters. The van der Waals surface area contributed by atoms with Gasteiger partial charge in [-0.15, -0.1) is 11.8 Å². The molecule has 1 aliphatic heterocycles. The van der Waals surface area contributed by atoms with Crippen molar-refractivity contribution in [1.82, 2.24) is 5.01 Å². The summed E-state index contributed by atoms with van der Waals surface area (Å²) in [5.74, 6) is 6.62. The number of thioether (sulfide) groups is 1. The lowest BCUT2D eigenvalue weighted by Crippen LogP contribution is -2.34. The number of amidine groups is 1. The van der Waals surface area contributed by atoms with Crippen LogP contribution in [0.15, 0.2) is 63.4 Å². The molecule has 2 aromatic rings. The number of hydrazine groups is 1. The first-order chi connectivity index (χ1) is 10.7. The zero-order valence-corrected chi connectivity index (χ0v) is 13.5. The van der Waals surface area contributed by atoms with Gasteiger partial charge in [0.2, 0.25) is 0 Å². The average Bonchev–Trinajstić information content (AvgIpc) is 2.74. The van der Waals surface area contributed by atoms with Gasteiger partial charge in [0.1, 0.15) is 5.84 Å². The maximum Gasteiger partial charge on any atom is 0.140 e. The smallest absolute Gasteiger partial charge is 0.140 e. The van der Waals surface area contributed by atoms with Gasteiger partial charge < -0.3 is 0 Å². The van der Waals surface area contributed by atoms with Crippen LogP contribution in [0, 0.1) is 0 Å². The Morgan fingerprint density at radius 2 is 1.91 bits per heavy atom. The maximum absolute atomic E-state index is 5.86. The molecule has 0 saturated heterocycles. The number of fused-ring (bicyclic) bond motifs is 1. The second kappa shape index (κ2) is 6.34. The average molecular weight is 310 g/mol. The van der Waals surface area contributed by atoms with Crippen molar-refractivity contribution in [2.45, 2.75) is 4.90 Å². The third-order valence-electron chi connectivity index (χ3n) is 3.54. The summed E-state index contributed by atoms with van der Waals surface area (Å²) in [6.45, 7) is 0.473. The summed E-state index contributed by atoms with van der Waals surface area (Å²) in [5, 5.41) is 1.53. The minimum Gasteiger partial charge on any atom is -0.300 e. The fourth-order valence-corrected chi connectivity index (χ4v) is 2.81. The summed E-state index contributed by atoms with van der Waals surface area (Å²) in [5.41, 5.74) is 4.02. The van der Waals surface area contributed by atoms with E-state index in [1.54, 1.807) is 18.8 Å². The van der Waals surface area contributed by atoms with E-state index in [0.717, 1.165) is 28.4 Å². The minimum atomic E-state index is 0.473. The van der Waals surface area contributed by atoms with Crippen molar-refractivity contribution in [3.63, 3.8) is 0 Å². The quantitative estimate of drug-likeness (QED) is 0.527. The normalized spacial score (nSPS) is 13.8. The van der Waals surface area contributed by atoms with Crippen LogP contribution in [0.2, 0.25) is 0 Å². The van der Waals surface area contributed by atoms with Crippen LogP contribution in [0.3, 0.4) is 0 Å². The van der Waals surface area contributed by atoms with E-state index in [4.69, 9.17) is 10.8 Å². The van der Waals surface area contributed by atoms with Crippen LogP contribution in [-0.2, 0) is 0 Å². The third kappa shape index (κ3) is 2.91. The van der Waals surface area contributed by atoms with Gasteiger partial charge in [0.05, 0.1) is 17.9 Å². The Balaban J connectivity index is 2.18. The van der Waals surface area contributed by atoms with E-state index in [9.17, 15) is 0 Å². The topological polar surface area (TPSA) is 54.0 Å². The zero-order chi connectivity index (χ0) is 15.5. The molecule has 0 radical (unpaired) electrons. The molecule has 0 saturated carbocycles. The van der Waals surface area contributed by atoms with Crippen molar-refractivity contribution in [2.24, 2.45) is 15.8 Å². The second-order valence-electron chi connectivity index (χ2n) is 5.05. The van der Waals surface area contributed by atoms with Gasteiger partial charge in [-0.1, -0.05) is 30.3 Å². The van der Waals surface area contributed by atoms with Gasteiger partial charge in [-0.05, 0) is 24.5 Å². The highest BCUT2D eigenvalue weighted by Crippen LogP contribution is 2.29. The van der Waals surface area contributed by atoms with E-state index in [0.29, 0.717) is 6.54 Å². The molecule has 0 spiro atoms. The van der Waals surface area contributed by atoms with Gasteiger partial charge in [0.25, 0.3) is 0 Å². The van der Waals surface area contributed by atoms with E-state index < -0.39 is 0 Å². The highest BCUT2D eigenvalue weighted by Gasteiger charge is 2.17. The molecule has 5 heteroatoms. The third-order valence-corrected chi connectivity index (χ3v) is 4.27. The number of rotatable bonds is 2. The summed E-state index contributed by atoms with van der Waals surface area (Å²) in [7, 11) is 1.79. The van der Waals surface area contributed by atoms with Crippen LogP contribution in [-0.4, -0.2) is 36.4 Å². The van der Waals surface area contributed by atoms with E-state index in [2.05, 4.69) is 35.5 Å². The van der Waals surface area contributed by atoms with Crippen molar-refractivity contribution >= 4 is 29.0 Å². The Hall–Kier alpha value is -2.11. The van der Waals surface area contributed by atoms with E-state index in [1.807, 2.05) is 24.3 Å². The predicted molar refractivity (Wildman–Crippen MR) is 94.2 cm³/mol. The molecule has 2 N–H and O–H groups in total. The van der Waals surface area contributed by atoms with Crippen molar-refractivity contribution < 1.29 is 0 Å². The molecule has 112 valence electrons. The Bertz CT molecular complexity index is 736. The van der Waals surface area contributed by atoms with E-state index >= 15 is 0 Å². The Morgan fingerprint density at radius 3 is 2.59 bits per heavy atom. The molecule has 0 atom stereocenters. The number of nitrogens with zero attached hydrogens (tertiary/aromatic N) is 3. The van der Waals surface area contributed by atoms with Gasteiger partial charge in [-0.2, -0.15) is 0 Å². The first kappa shape index (κ1) is 14.8. The van der Waals surface area contributed by atoms with E-state index in [1.165, 1.54) is 9.90 Å². The van der Waals surface area contributed by atoms with Crippen molar-refractivity contribution in [3.8, 4) is 0 Å². The molecular formula is C17H18N4S. The predicted octanol–water partition coefficient (Wildman–Crippen LogP) is 3.10. The maximum atomic E-state index is 5.86. The molecule has 22 heavy (non-hydrogen) atoms. The molecule has 3 rings (SSSR count). The first-order valence-corrected chi connectivity index (χ1v) is 8.26. The molecule has 2 aromatic carbocycles. The lowest BCUT2D eigenvalue weighted by atomic mass is 10.0. The molecule has 0 fully saturated rings. The molecule has 0 bridgehead atoms. The molecule has 0 amide bonds. The second-order valence-corrected chi connectivity index (χ2v) is 5.93. The number of hydrogen-bond acceptors (Lipinski definition) is 5. The SMILES string of the molecule is CSc1ccc2c(c1)C(c1ccccc1)=NCC(N(C)N)=N2. The van der Waals surface area contributed by atoms with Gasteiger partial charge in [0.15, 0.2) is 0 Å². The Labute approximate surface area is 134 Å². The minimum absolute atomic E-state index is 0.473. The monoisotopic (exact) mass is 310 g/mol. The van der Waals surface area contributed by atoms with Crippen LogP contribution in [0.5, 0.6) is 0 Å². The largest absolute Gasteiger partial charge is 0.300 e. The molecule has 4 nitrogen and oxygen atoms in total. The van der Waals surface area contributed by atoms with Crippen molar-refractivity contribution in [2.75, 3.05) is 19.8 Å². The summed E-state index contributed by atoms with van der Waals surface area (Å²) < 4.78 is 0. The fourth-order valence-electron chi connectivity index (χ4n) is 2.37. The summed E-state index contributed by atoms with van der Waals surface area (Å²) in [6, 6.07) is 16.5. The molecule has 1 heterocycles. The van der Waals surface area contributed by atoms with Crippen LogP contribution >= 0.6 is 11.8 Å². The van der Waals surface area contributed by atoms with Crippen molar-refractivity contribution in [1.29, 1.82) is 0 Å². The van der Waals surface area contributed by atoms with Crippen LogP contribution < -0.4 is 5.84 Å². The molecular weight excluding hydrogens is 292 g/mol. The lowest BCUT2D eigenvalue weighted by molar-refractivity contribution is 0.531. The lowest BCUT2D eigenvalue weighted by Gasteiger charge is -2.12. The number of benzene rings is 2. The molecule has 1 aliphatic rings. The van der Waals surface area contributed by atoms with Crippen molar-refractivity contribution in [3.05, 3.63) is 59.7 Å².